The van der Waals surface area contributed by atoms with E-state index in [1.54, 1.807) is 0 Å². The highest BCUT2D eigenvalue weighted by Gasteiger charge is 2.47. The number of hydrogen-bond donors (Lipinski definition) is 2. The second-order valence-electron chi connectivity index (χ2n) is 7.36. The van der Waals surface area contributed by atoms with Crippen LogP contribution in [0.4, 0.5) is 0 Å². The van der Waals surface area contributed by atoms with Crippen LogP contribution in [0.1, 0.15) is 58.8 Å². The highest BCUT2D eigenvalue weighted by molar-refractivity contribution is 5.05. The maximum Gasteiger partial charge on any atom is 0.0614 e. The first-order chi connectivity index (χ1) is 8.55. The van der Waals surface area contributed by atoms with E-state index in [0.29, 0.717) is 24.2 Å². The first kappa shape index (κ1) is 12.9. The third-order valence-electron chi connectivity index (χ3n) is 5.38. The van der Waals surface area contributed by atoms with E-state index in [4.69, 9.17) is 0 Å². The largest absolute Gasteiger partial charge is 0.394 e. The summed E-state index contributed by atoms with van der Waals surface area (Å²) in [6.07, 6.45) is 8.82. The van der Waals surface area contributed by atoms with Gasteiger partial charge >= 0.3 is 0 Å². The van der Waals surface area contributed by atoms with Gasteiger partial charge in [-0.2, -0.15) is 0 Å². The molecule has 0 aromatic rings. The van der Waals surface area contributed by atoms with E-state index in [9.17, 15) is 5.11 Å². The zero-order chi connectivity index (χ0) is 12.8. The van der Waals surface area contributed by atoms with Crippen LogP contribution >= 0.6 is 0 Å². The van der Waals surface area contributed by atoms with Gasteiger partial charge in [-0.25, -0.2) is 0 Å². The summed E-state index contributed by atoms with van der Waals surface area (Å²) in [6, 6.07) is 1.38. The summed E-state index contributed by atoms with van der Waals surface area (Å²) in [5, 5.41) is 13.5. The molecule has 2 atom stereocenters. The molecule has 3 aliphatic rings. The molecule has 3 heteroatoms. The maximum atomic E-state index is 9.80. The Morgan fingerprint density at radius 1 is 1.22 bits per heavy atom. The maximum absolute atomic E-state index is 9.80. The van der Waals surface area contributed by atoms with Gasteiger partial charge in [-0.15, -0.1) is 0 Å². The number of hydrogen-bond acceptors (Lipinski definition) is 3. The van der Waals surface area contributed by atoms with Crippen molar-refractivity contribution in [2.75, 3.05) is 13.2 Å². The molecule has 1 heterocycles. The highest BCUT2D eigenvalue weighted by Crippen LogP contribution is 2.41. The molecule has 3 nitrogen and oxygen atoms in total. The molecule has 0 radical (unpaired) electrons. The summed E-state index contributed by atoms with van der Waals surface area (Å²) in [6.45, 7) is 6.33. The van der Waals surface area contributed by atoms with Crippen molar-refractivity contribution in [2.45, 2.75) is 82.0 Å². The summed E-state index contributed by atoms with van der Waals surface area (Å²) in [5.74, 6) is 0. The van der Waals surface area contributed by atoms with Gasteiger partial charge in [0.15, 0.2) is 0 Å². The average molecular weight is 252 g/mol. The smallest absolute Gasteiger partial charge is 0.0614 e. The number of aliphatic hydroxyl groups excluding tert-OH is 1. The van der Waals surface area contributed by atoms with Crippen molar-refractivity contribution in [1.82, 2.24) is 10.2 Å². The SMILES string of the molecule is CC1(C)CCCN1C1CCC(CO)(NC2CC2)C1. The molecule has 0 aromatic carbocycles. The lowest BCUT2D eigenvalue weighted by molar-refractivity contribution is 0.100. The van der Waals surface area contributed by atoms with Crippen LogP contribution in [0.5, 0.6) is 0 Å². The van der Waals surface area contributed by atoms with Gasteiger partial charge in [0.2, 0.25) is 0 Å². The van der Waals surface area contributed by atoms with Crippen LogP contribution < -0.4 is 5.32 Å². The topological polar surface area (TPSA) is 35.5 Å². The van der Waals surface area contributed by atoms with Crippen LogP contribution in [0.2, 0.25) is 0 Å². The summed E-state index contributed by atoms with van der Waals surface area (Å²) in [4.78, 5) is 2.71. The van der Waals surface area contributed by atoms with Gasteiger partial charge in [0.1, 0.15) is 0 Å². The molecule has 104 valence electrons. The minimum atomic E-state index is 0.0322. The molecule has 0 bridgehead atoms. The third kappa shape index (κ3) is 2.33. The second kappa shape index (κ2) is 4.46. The van der Waals surface area contributed by atoms with Crippen molar-refractivity contribution >= 4 is 0 Å². The van der Waals surface area contributed by atoms with E-state index in [1.165, 1.54) is 38.6 Å². The van der Waals surface area contributed by atoms with Gasteiger partial charge in [-0.1, -0.05) is 0 Å². The van der Waals surface area contributed by atoms with Crippen molar-refractivity contribution in [3.63, 3.8) is 0 Å². The molecule has 0 aromatic heterocycles. The van der Waals surface area contributed by atoms with Gasteiger partial charge in [-0.05, 0) is 65.3 Å². The molecule has 0 amide bonds. The van der Waals surface area contributed by atoms with Gasteiger partial charge in [0.05, 0.1) is 6.61 Å². The normalized spacial score (nSPS) is 40.5. The lowest BCUT2D eigenvalue weighted by atomic mass is 9.96. The van der Waals surface area contributed by atoms with Crippen LogP contribution in [-0.4, -0.2) is 46.3 Å². The fourth-order valence-electron chi connectivity index (χ4n) is 4.15. The zero-order valence-corrected chi connectivity index (χ0v) is 11.9. The van der Waals surface area contributed by atoms with E-state index < -0.39 is 0 Å². The molecular formula is C15H28N2O. The molecule has 2 aliphatic carbocycles. The first-order valence-electron chi connectivity index (χ1n) is 7.70. The summed E-state index contributed by atoms with van der Waals surface area (Å²) in [5.41, 5.74) is 0.403. The minimum Gasteiger partial charge on any atom is -0.394 e. The Kier molecular flexibility index (Phi) is 3.20. The van der Waals surface area contributed by atoms with Crippen LogP contribution in [0.15, 0.2) is 0 Å². The number of nitrogens with zero attached hydrogens (tertiary/aromatic N) is 1. The Bertz CT molecular complexity index is 314. The summed E-state index contributed by atoms with van der Waals surface area (Å²) < 4.78 is 0. The van der Waals surface area contributed by atoms with Crippen LogP contribution in [0.3, 0.4) is 0 Å². The highest BCUT2D eigenvalue weighted by atomic mass is 16.3. The van der Waals surface area contributed by atoms with Crippen LogP contribution in [0.25, 0.3) is 0 Å². The molecule has 0 spiro atoms. The van der Waals surface area contributed by atoms with Crippen molar-refractivity contribution in [3.05, 3.63) is 0 Å². The lowest BCUT2D eigenvalue weighted by Crippen LogP contribution is -2.50. The van der Waals surface area contributed by atoms with E-state index in [2.05, 4.69) is 24.1 Å². The standard InChI is InChI=1S/C15H28N2O/c1-14(2)7-3-9-17(14)13-6-8-15(10-13,11-18)16-12-4-5-12/h12-13,16,18H,3-11H2,1-2H3. The van der Waals surface area contributed by atoms with Crippen molar-refractivity contribution in [1.29, 1.82) is 0 Å². The van der Waals surface area contributed by atoms with Crippen LogP contribution in [0, 0.1) is 0 Å². The Labute approximate surface area is 111 Å². The lowest BCUT2D eigenvalue weighted by Gasteiger charge is -2.38. The molecule has 2 unspecified atom stereocenters. The fourth-order valence-corrected chi connectivity index (χ4v) is 4.15. The Morgan fingerprint density at radius 2 is 2.00 bits per heavy atom. The molecule has 18 heavy (non-hydrogen) atoms. The van der Waals surface area contributed by atoms with Gasteiger partial charge in [0.25, 0.3) is 0 Å². The third-order valence-corrected chi connectivity index (χ3v) is 5.38. The quantitative estimate of drug-likeness (QED) is 0.802. The Hall–Kier alpha value is -0.120. The minimum absolute atomic E-state index is 0.0322. The van der Waals surface area contributed by atoms with E-state index in [0.717, 1.165) is 12.8 Å². The summed E-state index contributed by atoms with van der Waals surface area (Å²) in [7, 11) is 0. The predicted octanol–water partition coefficient (Wildman–Crippen LogP) is 1.90. The molecule has 2 saturated carbocycles. The Morgan fingerprint density at radius 3 is 2.56 bits per heavy atom. The van der Waals surface area contributed by atoms with Gasteiger partial charge in [0, 0.05) is 23.2 Å². The molecule has 3 rings (SSSR count). The van der Waals surface area contributed by atoms with Crippen LogP contribution in [-0.2, 0) is 0 Å². The average Bonchev–Trinajstić information content (AvgIpc) is 2.91. The molecule has 2 N–H and O–H groups in total. The zero-order valence-electron chi connectivity index (χ0n) is 11.9. The second-order valence-corrected chi connectivity index (χ2v) is 7.36. The molecule has 1 aliphatic heterocycles. The van der Waals surface area contributed by atoms with Gasteiger partial charge < -0.3 is 10.4 Å². The van der Waals surface area contributed by atoms with E-state index >= 15 is 0 Å². The number of nitrogens with one attached hydrogen (secondary N) is 1. The monoisotopic (exact) mass is 252 g/mol. The predicted molar refractivity (Wildman–Crippen MR) is 73.6 cm³/mol. The van der Waals surface area contributed by atoms with Crippen molar-refractivity contribution < 1.29 is 5.11 Å². The fraction of sp³-hybridized carbons (Fsp3) is 1.00. The van der Waals surface area contributed by atoms with Crippen molar-refractivity contribution in [3.8, 4) is 0 Å². The van der Waals surface area contributed by atoms with Crippen molar-refractivity contribution in [2.24, 2.45) is 0 Å². The molecule has 3 fully saturated rings. The van der Waals surface area contributed by atoms with Gasteiger partial charge in [-0.3, -0.25) is 4.90 Å². The molecule has 1 saturated heterocycles. The number of likely N-dealkylation sites (tertiary alicyclic amines) is 1. The van der Waals surface area contributed by atoms with E-state index in [1.807, 2.05) is 0 Å². The number of aliphatic hydroxyl groups is 1. The number of rotatable bonds is 4. The first-order valence-corrected chi connectivity index (χ1v) is 7.70. The summed E-state index contributed by atoms with van der Waals surface area (Å²) >= 11 is 0. The van der Waals surface area contributed by atoms with E-state index in [-0.39, 0.29) is 5.54 Å². The Balaban J connectivity index is 1.66. The molecular weight excluding hydrogens is 224 g/mol.